The summed E-state index contributed by atoms with van der Waals surface area (Å²) in [6, 6.07) is 16.3. The van der Waals surface area contributed by atoms with Crippen molar-refractivity contribution in [2.75, 3.05) is 11.4 Å². The fraction of sp³-hybridized carbons (Fsp3) is 0.333. The summed E-state index contributed by atoms with van der Waals surface area (Å²) >= 11 is 6.12. The van der Waals surface area contributed by atoms with Gasteiger partial charge >= 0.3 is 0 Å². The molecule has 1 aliphatic carbocycles. The molecule has 1 aromatic carbocycles. The van der Waals surface area contributed by atoms with Crippen LogP contribution in [0.2, 0.25) is 5.15 Å². The Kier molecular flexibility index (Phi) is 5.88. The smallest absolute Gasteiger partial charge is 0.244 e. The van der Waals surface area contributed by atoms with E-state index in [0.29, 0.717) is 42.5 Å². The van der Waals surface area contributed by atoms with E-state index in [1.54, 1.807) is 23.0 Å². The van der Waals surface area contributed by atoms with Crippen molar-refractivity contribution in [3.63, 3.8) is 0 Å². The van der Waals surface area contributed by atoms with Crippen LogP contribution in [0.3, 0.4) is 0 Å². The number of halogens is 1. The number of pyridine rings is 1. The molecule has 10 heteroatoms. The number of rotatable bonds is 6. The maximum atomic E-state index is 13.4. The van der Waals surface area contributed by atoms with Crippen molar-refractivity contribution < 1.29 is 9.00 Å². The number of nitrogens with one attached hydrogen (secondary N) is 1. The first kappa shape index (κ1) is 22.6. The summed E-state index contributed by atoms with van der Waals surface area (Å²) in [6.07, 6.45) is 3.29. The first-order chi connectivity index (χ1) is 16.4. The molecule has 1 aliphatic heterocycles. The molecule has 0 spiro atoms. The number of aryl methyl sites for hydroxylation is 1. The van der Waals surface area contributed by atoms with Gasteiger partial charge in [0.1, 0.15) is 22.6 Å². The molecule has 2 fully saturated rings. The Morgan fingerprint density at radius 3 is 2.71 bits per heavy atom. The number of aromatic nitrogens is 3. The van der Waals surface area contributed by atoms with Crippen LogP contribution >= 0.6 is 11.6 Å². The van der Waals surface area contributed by atoms with Gasteiger partial charge in [-0.3, -0.25) is 9.00 Å². The van der Waals surface area contributed by atoms with Gasteiger partial charge in [0.2, 0.25) is 5.91 Å². The van der Waals surface area contributed by atoms with Crippen molar-refractivity contribution in [2.45, 2.75) is 47.9 Å². The Hall–Kier alpha value is -3.22. The van der Waals surface area contributed by atoms with Gasteiger partial charge in [-0.25, -0.2) is 9.67 Å². The van der Waals surface area contributed by atoms with Gasteiger partial charge in [0.15, 0.2) is 0 Å². The van der Waals surface area contributed by atoms with Gasteiger partial charge in [-0.05, 0) is 44.4 Å². The number of benzene rings is 1. The summed E-state index contributed by atoms with van der Waals surface area (Å²) < 4.78 is 15.1. The predicted molar refractivity (Wildman–Crippen MR) is 129 cm³/mol. The highest BCUT2D eigenvalue weighted by Crippen LogP contribution is 2.37. The van der Waals surface area contributed by atoms with Crippen LogP contribution in [0.1, 0.15) is 25.0 Å². The molecule has 1 saturated carbocycles. The van der Waals surface area contributed by atoms with Crippen LogP contribution in [-0.4, -0.2) is 48.3 Å². The zero-order valence-corrected chi connectivity index (χ0v) is 20.1. The first-order valence-electron chi connectivity index (χ1n) is 11.0. The topological polar surface area (TPSA) is 104 Å². The van der Waals surface area contributed by atoms with E-state index in [0.717, 1.165) is 10.6 Å². The van der Waals surface area contributed by atoms with Crippen molar-refractivity contribution in [1.82, 2.24) is 20.1 Å². The highest BCUT2D eigenvalue weighted by molar-refractivity contribution is 7.85. The Morgan fingerprint density at radius 1 is 1.26 bits per heavy atom. The molecule has 174 valence electrons. The summed E-state index contributed by atoms with van der Waals surface area (Å²) in [6.45, 7) is 2.28. The number of carbonyl (C=O) groups excluding carboxylic acids is 1. The molecule has 2 aliphatic rings. The van der Waals surface area contributed by atoms with Crippen LogP contribution in [0.4, 0.5) is 5.82 Å². The lowest BCUT2D eigenvalue weighted by Crippen LogP contribution is -2.48. The van der Waals surface area contributed by atoms with Gasteiger partial charge in [-0.15, -0.1) is 0 Å². The minimum absolute atomic E-state index is 0.232. The van der Waals surface area contributed by atoms with Crippen molar-refractivity contribution in [2.24, 2.45) is 0 Å². The lowest BCUT2D eigenvalue weighted by Gasteiger charge is -2.27. The standard InChI is InChI=1S/C24H23ClN6O2S/c1-16-11-22(31(29-16)17-7-10-27-21(25)12-17)30-14-19(34(33)18-5-3-2-4-6-18)13-20(30)23(32)28-24(15-26)8-9-24/h2-7,10-12,19-20H,8-9,13-14H2,1H3,(H,28,32). The molecule has 0 radical (unpaired) electrons. The van der Waals surface area contributed by atoms with Crippen LogP contribution in [0.25, 0.3) is 5.69 Å². The van der Waals surface area contributed by atoms with Gasteiger partial charge in [0.05, 0.1) is 33.5 Å². The molecule has 3 aromatic rings. The lowest BCUT2D eigenvalue weighted by atomic mass is 10.1. The van der Waals surface area contributed by atoms with Gasteiger partial charge in [0.25, 0.3) is 0 Å². The summed E-state index contributed by atoms with van der Waals surface area (Å²) in [5, 5.41) is 17.1. The molecule has 1 saturated heterocycles. The summed E-state index contributed by atoms with van der Waals surface area (Å²) in [4.78, 5) is 20.1. The van der Waals surface area contributed by atoms with Gasteiger partial charge in [-0.2, -0.15) is 10.4 Å². The second-order valence-corrected chi connectivity index (χ2v) is 10.8. The predicted octanol–water partition coefficient (Wildman–Crippen LogP) is 3.16. The summed E-state index contributed by atoms with van der Waals surface area (Å²) in [5.74, 6) is 0.471. The zero-order valence-electron chi connectivity index (χ0n) is 18.5. The van der Waals surface area contributed by atoms with Gasteiger partial charge in [0, 0.05) is 29.8 Å². The molecule has 5 rings (SSSR count). The van der Waals surface area contributed by atoms with E-state index in [-0.39, 0.29) is 11.2 Å². The molecule has 8 nitrogen and oxygen atoms in total. The molecule has 3 heterocycles. The Bertz CT molecular complexity index is 1300. The molecule has 2 aromatic heterocycles. The zero-order chi connectivity index (χ0) is 23.9. The van der Waals surface area contributed by atoms with Crippen molar-refractivity contribution in [3.8, 4) is 11.8 Å². The minimum atomic E-state index is -1.30. The maximum absolute atomic E-state index is 13.4. The number of amides is 1. The third-order valence-electron chi connectivity index (χ3n) is 6.23. The van der Waals surface area contributed by atoms with E-state index in [9.17, 15) is 14.3 Å². The van der Waals surface area contributed by atoms with Gasteiger partial charge in [-0.1, -0.05) is 29.8 Å². The average Bonchev–Trinajstić information content (AvgIpc) is 3.29. The largest absolute Gasteiger partial charge is 0.343 e. The Morgan fingerprint density at radius 2 is 2.03 bits per heavy atom. The summed E-state index contributed by atoms with van der Waals surface area (Å²) in [7, 11) is -1.30. The molecule has 0 bridgehead atoms. The van der Waals surface area contributed by atoms with E-state index in [1.807, 2.05) is 48.2 Å². The molecule has 1 amide bonds. The fourth-order valence-electron chi connectivity index (χ4n) is 4.31. The average molecular weight is 495 g/mol. The number of nitriles is 1. The van der Waals surface area contributed by atoms with E-state index in [1.165, 1.54) is 0 Å². The number of hydrogen-bond donors (Lipinski definition) is 1. The normalized spacial score (nSPS) is 21.6. The quantitative estimate of drug-likeness (QED) is 0.528. The van der Waals surface area contributed by atoms with Crippen LogP contribution in [0.5, 0.6) is 0 Å². The van der Waals surface area contributed by atoms with E-state index in [2.05, 4.69) is 21.5 Å². The summed E-state index contributed by atoms with van der Waals surface area (Å²) in [5.41, 5.74) is 0.699. The van der Waals surface area contributed by atoms with Crippen LogP contribution in [0.15, 0.2) is 59.6 Å². The van der Waals surface area contributed by atoms with Crippen molar-refractivity contribution in [3.05, 3.63) is 65.6 Å². The minimum Gasteiger partial charge on any atom is -0.343 e. The highest BCUT2D eigenvalue weighted by atomic mass is 35.5. The first-order valence-corrected chi connectivity index (χ1v) is 12.6. The SMILES string of the molecule is Cc1cc(N2CC(S(=O)c3ccccc3)CC2C(=O)NC2(C#N)CC2)n(-c2ccnc(Cl)c2)n1. The maximum Gasteiger partial charge on any atom is 0.244 e. The number of nitrogens with zero attached hydrogens (tertiary/aromatic N) is 5. The van der Waals surface area contributed by atoms with Crippen molar-refractivity contribution >= 4 is 34.1 Å². The number of carbonyl (C=O) groups is 1. The highest BCUT2D eigenvalue weighted by Gasteiger charge is 2.48. The molecule has 3 atom stereocenters. The molecule has 3 unspecified atom stereocenters. The monoisotopic (exact) mass is 494 g/mol. The second kappa shape index (κ2) is 8.85. The number of anilines is 1. The van der Waals surface area contributed by atoms with Crippen molar-refractivity contribution in [1.29, 1.82) is 5.26 Å². The molecule has 34 heavy (non-hydrogen) atoms. The second-order valence-electron chi connectivity index (χ2n) is 8.71. The van der Waals surface area contributed by atoms with E-state index >= 15 is 0 Å². The fourth-order valence-corrected chi connectivity index (χ4v) is 5.95. The third-order valence-corrected chi connectivity index (χ3v) is 8.12. The third kappa shape index (κ3) is 4.31. The molecular weight excluding hydrogens is 472 g/mol. The van der Waals surface area contributed by atoms with Gasteiger partial charge < -0.3 is 10.2 Å². The van der Waals surface area contributed by atoms with Crippen LogP contribution in [-0.2, 0) is 15.6 Å². The Balaban J connectivity index is 1.51. The van der Waals surface area contributed by atoms with E-state index < -0.39 is 22.4 Å². The van der Waals surface area contributed by atoms with Crippen LogP contribution in [0, 0.1) is 18.3 Å². The van der Waals surface area contributed by atoms with Crippen LogP contribution < -0.4 is 10.2 Å². The molecular formula is C24H23ClN6O2S. The number of hydrogen-bond acceptors (Lipinski definition) is 6. The van der Waals surface area contributed by atoms with E-state index in [4.69, 9.17) is 11.6 Å². The Labute approximate surface area is 205 Å². The lowest BCUT2D eigenvalue weighted by molar-refractivity contribution is -0.122. The molecule has 1 N–H and O–H groups in total.